The zero-order valence-electron chi connectivity index (χ0n) is 7.77. The molecule has 12 heavy (non-hydrogen) atoms. The topological polar surface area (TPSA) is 16.6 Å². The van der Waals surface area contributed by atoms with Gasteiger partial charge in [0.05, 0.1) is 13.1 Å². The van der Waals surface area contributed by atoms with Crippen LogP contribution in [0, 0.1) is 0 Å². The first-order chi connectivity index (χ1) is 5.50. The van der Waals surface area contributed by atoms with Crippen LogP contribution < -0.4 is 17.7 Å². The van der Waals surface area contributed by atoms with Gasteiger partial charge in [-0.15, -0.1) is 0 Å². The van der Waals surface area contributed by atoms with Crippen molar-refractivity contribution < 1.29 is 17.7 Å². The van der Waals surface area contributed by atoms with E-state index in [2.05, 4.69) is 17.5 Å². The van der Waals surface area contributed by atoms with Crippen molar-refractivity contribution in [2.75, 3.05) is 13.1 Å². The van der Waals surface area contributed by atoms with Crippen LogP contribution in [-0.4, -0.2) is 13.1 Å². The van der Waals surface area contributed by atoms with Crippen LogP contribution in [0.5, 0.6) is 0 Å². The fraction of sp³-hybridized carbons (Fsp3) is 0.800. The molecule has 0 bridgehead atoms. The van der Waals surface area contributed by atoms with Gasteiger partial charge in [-0.1, -0.05) is 12.2 Å². The molecule has 0 atom stereocenters. The van der Waals surface area contributed by atoms with Crippen molar-refractivity contribution in [1.29, 1.82) is 0 Å². The SMILES string of the molecule is C1=C\CCCC[NH2+]CCCC/1.[Cl-]. The summed E-state index contributed by atoms with van der Waals surface area (Å²) < 4.78 is 0. The lowest BCUT2D eigenvalue weighted by atomic mass is 10.2. The molecule has 2 N–H and O–H groups in total. The normalized spacial score (nSPS) is 23.3. The monoisotopic (exact) mass is 189 g/mol. The second kappa shape index (κ2) is 9.08. The van der Waals surface area contributed by atoms with Gasteiger partial charge >= 0.3 is 0 Å². The maximum atomic E-state index is 2.46. The van der Waals surface area contributed by atoms with E-state index in [1.54, 1.807) is 0 Å². The van der Waals surface area contributed by atoms with E-state index < -0.39 is 0 Å². The first kappa shape index (κ1) is 12.0. The first-order valence-electron chi connectivity index (χ1n) is 4.97. The quantitative estimate of drug-likeness (QED) is 0.446. The predicted molar refractivity (Wildman–Crippen MR) is 48.5 cm³/mol. The number of quaternary nitrogens is 1. The molecule has 0 saturated heterocycles. The summed E-state index contributed by atoms with van der Waals surface area (Å²) in [6.45, 7) is 2.68. The fourth-order valence-electron chi connectivity index (χ4n) is 1.48. The number of hydrogen-bond acceptors (Lipinski definition) is 0. The van der Waals surface area contributed by atoms with Crippen LogP contribution >= 0.6 is 0 Å². The Morgan fingerprint density at radius 1 is 0.750 bits per heavy atom. The molecule has 1 rings (SSSR count). The number of rotatable bonds is 0. The second-order valence-corrected chi connectivity index (χ2v) is 3.33. The Morgan fingerprint density at radius 3 is 1.75 bits per heavy atom. The highest BCUT2D eigenvalue weighted by molar-refractivity contribution is 4.81. The van der Waals surface area contributed by atoms with Gasteiger partial charge in [0.1, 0.15) is 0 Å². The highest BCUT2D eigenvalue weighted by Gasteiger charge is 1.93. The summed E-state index contributed by atoms with van der Waals surface area (Å²) in [7, 11) is 0. The minimum Gasteiger partial charge on any atom is -1.00 e. The minimum atomic E-state index is 0. The van der Waals surface area contributed by atoms with Crippen LogP contribution in [0.4, 0.5) is 0 Å². The summed E-state index contributed by atoms with van der Waals surface area (Å²) in [6.07, 6.45) is 12.9. The average molecular weight is 190 g/mol. The van der Waals surface area contributed by atoms with E-state index in [0.717, 1.165) is 0 Å². The molecule has 0 aromatic carbocycles. The molecule has 1 nitrogen and oxygen atoms in total. The first-order valence-corrected chi connectivity index (χ1v) is 4.97. The van der Waals surface area contributed by atoms with Crippen LogP contribution in [0.15, 0.2) is 12.2 Å². The molecule has 0 aliphatic carbocycles. The molecule has 0 radical (unpaired) electrons. The molecular weight excluding hydrogens is 170 g/mol. The smallest absolute Gasteiger partial charge is 0.0755 e. The van der Waals surface area contributed by atoms with E-state index >= 15 is 0 Å². The van der Waals surface area contributed by atoms with Gasteiger partial charge in [-0.2, -0.15) is 0 Å². The summed E-state index contributed by atoms with van der Waals surface area (Å²) >= 11 is 0. The van der Waals surface area contributed by atoms with Crippen molar-refractivity contribution in [1.82, 2.24) is 0 Å². The third-order valence-corrected chi connectivity index (χ3v) is 2.22. The van der Waals surface area contributed by atoms with E-state index in [-0.39, 0.29) is 12.4 Å². The van der Waals surface area contributed by atoms with Crippen molar-refractivity contribution in [3.8, 4) is 0 Å². The van der Waals surface area contributed by atoms with Crippen LogP contribution in [0.25, 0.3) is 0 Å². The van der Waals surface area contributed by atoms with Crippen LogP contribution in [0.1, 0.15) is 38.5 Å². The van der Waals surface area contributed by atoms with Gasteiger partial charge in [0.15, 0.2) is 0 Å². The van der Waals surface area contributed by atoms with E-state index in [9.17, 15) is 0 Å². The Labute approximate surface area is 82.0 Å². The number of halogens is 1. The van der Waals surface area contributed by atoms with Crippen molar-refractivity contribution in [3.05, 3.63) is 12.2 Å². The van der Waals surface area contributed by atoms with Crippen molar-refractivity contribution in [3.63, 3.8) is 0 Å². The maximum absolute atomic E-state index is 2.46. The lowest BCUT2D eigenvalue weighted by Crippen LogP contribution is -3.00. The predicted octanol–water partition coefficient (Wildman–Crippen LogP) is -1.54. The average Bonchev–Trinajstić information content (AvgIpc) is 2.08. The van der Waals surface area contributed by atoms with E-state index in [0.29, 0.717) is 0 Å². The van der Waals surface area contributed by atoms with Gasteiger partial charge in [0.2, 0.25) is 0 Å². The summed E-state index contributed by atoms with van der Waals surface area (Å²) in [5.41, 5.74) is 0. The van der Waals surface area contributed by atoms with Gasteiger partial charge in [-0.25, -0.2) is 0 Å². The minimum absolute atomic E-state index is 0. The van der Waals surface area contributed by atoms with Crippen LogP contribution in [0.2, 0.25) is 0 Å². The highest BCUT2D eigenvalue weighted by Crippen LogP contribution is 2.00. The molecule has 0 aromatic heterocycles. The van der Waals surface area contributed by atoms with E-state index in [4.69, 9.17) is 0 Å². The summed E-state index contributed by atoms with van der Waals surface area (Å²) in [4.78, 5) is 0. The summed E-state index contributed by atoms with van der Waals surface area (Å²) in [6, 6.07) is 0. The Hall–Kier alpha value is -0.0100. The summed E-state index contributed by atoms with van der Waals surface area (Å²) in [5, 5.41) is 2.46. The second-order valence-electron chi connectivity index (χ2n) is 3.33. The lowest BCUT2D eigenvalue weighted by molar-refractivity contribution is -0.655. The molecule has 0 fully saturated rings. The molecule has 0 spiro atoms. The fourth-order valence-corrected chi connectivity index (χ4v) is 1.48. The molecule has 0 unspecified atom stereocenters. The molecule has 0 saturated carbocycles. The Balaban J connectivity index is 0.00000121. The molecule has 1 heterocycles. The van der Waals surface area contributed by atoms with Crippen LogP contribution in [0.3, 0.4) is 0 Å². The zero-order chi connectivity index (χ0) is 7.78. The molecule has 2 heteroatoms. The Kier molecular flexibility index (Phi) is 9.07. The largest absolute Gasteiger partial charge is 1.00 e. The molecular formula is C10H20ClN. The maximum Gasteiger partial charge on any atom is 0.0755 e. The number of nitrogens with two attached hydrogens (primary N) is 1. The third-order valence-electron chi connectivity index (χ3n) is 2.22. The Bertz CT molecular complexity index is 100. The van der Waals surface area contributed by atoms with Gasteiger partial charge in [-0.3, -0.25) is 0 Å². The van der Waals surface area contributed by atoms with Crippen LogP contribution in [-0.2, 0) is 0 Å². The highest BCUT2D eigenvalue weighted by atomic mass is 35.5. The number of hydrogen-bond donors (Lipinski definition) is 1. The van der Waals surface area contributed by atoms with Gasteiger partial charge in [0.25, 0.3) is 0 Å². The van der Waals surface area contributed by atoms with Crippen molar-refractivity contribution in [2.24, 2.45) is 0 Å². The standard InChI is InChI=1S/C10H19N.ClH/c1-2-4-6-8-10-11-9-7-5-3-1;/h1-2,11H,3-10H2;1H/b2-1-;. The van der Waals surface area contributed by atoms with E-state index in [1.165, 1.54) is 51.6 Å². The van der Waals surface area contributed by atoms with Crippen molar-refractivity contribution >= 4 is 0 Å². The lowest BCUT2D eigenvalue weighted by Gasteiger charge is -1.98. The molecule has 72 valence electrons. The van der Waals surface area contributed by atoms with E-state index in [1.807, 2.05) is 0 Å². The molecule has 1 aliphatic heterocycles. The number of allylic oxidation sites excluding steroid dienone is 2. The molecule has 1 aliphatic rings. The van der Waals surface area contributed by atoms with Gasteiger partial charge in [-0.05, 0) is 38.5 Å². The summed E-state index contributed by atoms with van der Waals surface area (Å²) in [5.74, 6) is 0. The Morgan fingerprint density at radius 2 is 1.25 bits per heavy atom. The van der Waals surface area contributed by atoms with Gasteiger partial charge in [0, 0.05) is 0 Å². The molecule has 0 aromatic rings. The zero-order valence-corrected chi connectivity index (χ0v) is 8.52. The molecule has 0 amide bonds. The third kappa shape index (κ3) is 6.68. The van der Waals surface area contributed by atoms with Crippen molar-refractivity contribution in [2.45, 2.75) is 38.5 Å². The van der Waals surface area contributed by atoms with Gasteiger partial charge < -0.3 is 17.7 Å².